The minimum absolute atomic E-state index is 0.0788. The molecule has 12 heteroatoms. The van der Waals surface area contributed by atoms with Gasteiger partial charge < -0.3 is 28.3 Å². The number of benzene rings is 2. The molecule has 0 bridgehead atoms. The van der Waals surface area contributed by atoms with E-state index in [0.29, 0.717) is 5.56 Å². The first kappa shape index (κ1) is 21.5. The fourth-order valence-corrected chi connectivity index (χ4v) is 4.55. The molecule has 0 aliphatic rings. The van der Waals surface area contributed by atoms with Crippen molar-refractivity contribution in [1.29, 1.82) is 0 Å². The molecule has 1 unspecified atom stereocenters. The molecule has 32 heavy (non-hydrogen) atoms. The fourth-order valence-electron chi connectivity index (χ4n) is 3.22. The lowest BCUT2D eigenvalue weighted by Crippen LogP contribution is -2.15. The number of ether oxygens (including phenoxy) is 3. The van der Waals surface area contributed by atoms with Crippen LogP contribution < -0.4 is 18.9 Å². The molecule has 2 heterocycles. The van der Waals surface area contributed by atoms with Crippen LogP contribution >= 0.6 is 0 Å². The third kappa shape index (κ3) is 3.69. The van der Waals surface area contributed by atoms with E-state index in [1.165, 1.54) is 58.1 Å². The molecule has 0 fully saturated rings. The minimum atomic E-state index is -4.20. The van der Waals surface area contributed by atoms with Crippen LogP contribution in [0.15, 0.2) is 56.6 Å². The summed E-state index contributed by atoms with van der Waals surface area (Å²) in [4.78, 5) is 3.73. The summed E-state index contributed by atoms with van der Waals surface area (Å²) < 4.78 is 55.0. The average Bonchev–Trinajstić information content (AvgIpc) is 3.47. The summed E-state index contributed by atoms with van der Waals surface area (Å²) in [7, 11) is -0.106. The van der Waals surface area contributed by atoms with Crippen molar-refractivity contribution in [3.05, 3.63) is 54.2 Å². The van der Waals surface area contributed by atoms with Gasteiger partial charge in [-0.3, -0.25) is 4.72 Å². The molecule has 4 aromatic rings. The molecule has 4 rings (SSSR count). The SMILES string of the molecule is COc1cccc(OC)c1S(=O)(=O)Nc1noc2cc(C(O)c3ncco3)cc(OC)c12. The van der Waals surface area contributed by atoms with Gasteiger partial charge in [0, 0.05) is 0 Å². The zero-order valence-electron chi connectivity index (χ0n) is 17.2. The Labute approximate surface area is 182 Å². The van der Waals surface area contributed by atoms with Gasteiger partial charge in [-0.05, 0) is 29.8 Å². The van der Waals surface area contributed by atoms with Crippen LogP contribution in [0.25, 0.3) is 11.0 Å². The maximum absolute atomic E-state index is 13.2. The molecule has 0 amide bonds. The van der Waals surface area contributed by atoms with E-state index in [-0.39, 0.29) is 44.8 Å². The Hall–Kier alpha value is -3.77. The van der Waals surface area contributed by atoms with Crippen LogP contribution in [-0.2, 0) is 10.0 Å². The van der Waals surface area contributed by atoms with Crippen molar-refractivity contribution >= 4 is 26.8 Å². The zero-order valence-corrected chi connectivity index (χ0v) is 18.0. The van der Waals surface area contributed by atoms with Crippen molar-refractivity contribution in [2.24, 2.45) is 0 Å². The van der Waals surface area contributed by atoms with E-state index in [0.717, 1.165) is 0 Å². The first-order chi connectivity index (χ1) is 15.4. The molecule has 0 saturated heterocycles. The smallest absolute Gasteiger partial charge is 0.270 e. The lowest BCUT2D eigenvalue weighted by atomic mass is 10.1. The monoisotopic (exact) mass is 461 g/mol. The Morgan fingerprint density at radius 1 is 1.06 bits per heavy atom. The van der Waals surface area contributed by atoms with Crippen LogP contribution in [0, 0.1) is 0 Å². The number of rotatable bonds is 8. The van der Waals surface area contributed by atoms with E-state index in [9.17, 15) is 13.5 Å². The normalized spacial score (nSPS) is 12.5. The van der Waals surface area contributed by atoms with Gasteiger partial charge in [-0.15, -0.1) is 0 Å². The van der Waals surface area contributed by atoms with Crippen molar-refractivity contribution in [2.45, 2.75) is 11.0 Å². The highest BCUT2D eigenvalue weighted by atomic mass is 32.2. The van der Waals surface area contributed by atoms with E-state index in [1.807, 2.05) is 0 Å². The van der Waals surface area contributed by atoms with Crippen LogP contribution in [0.5, 0.6) is 17.2 Å². The maximum atomic E-state index is 13.2. The number of aliphatic hydroxyl groups is 1. The number of methoxy groups -OCH3 is 3. The Kier molecular flexibility index (Phi) is 5.63. The number of hydrogen-bond donors (Lipinski definition) is 2. The second-order valence-electron chi connectivity index (χ2n) is 6.50. The molecule has 168 valence electrons. The second-order valence-corrected chi connectivity index (χ2v) is 8.12. The Morgan fingerprint density at radius 3 is 2.34 bits per heavy atom. The second kappa shape index (κ2) is 8.40. The van der Waals surface area contributed by atoms with Gasteiger partial charge in [0.1, 0.15) is 28.9 Å². The molecule has 0 spiro atoms. The Balaban J connectivity index is 1.78. The van der Waals surface area contributed by atoms with Crippen LogP contribution in [-0.4, -0.2) is 45.0 Å². The summed E-state index contributed by atoms with van der Waals surface area (Å²) in [6.07, 6.45) is 1.55. The van der Waals surface area contributed by atoms with Gasteiger partial charge in [-0.1, -0.05) is 11.2 Å². The van der Waals surface area contributed by atoms with Crippen LogP contribution in [0.2, 0.25) is 0 Å². The molecular formula is C20H19N3O8S. The highest BCUT2D eigenvalue weighted by Crippen LogP contribution is 2.39. The summed E-state index contributed by atoms with van der Waals surface area (Å²) >= 11 is 0. The van der Waals surface area contributed by atoms with Crippen molar-refractivity contribution in [1.82, 2.24) is 10.1 Å². The van der Waals surface area contributed by atoms with Gasteiger partial charge >= 0.3 is 0 Å². The molecular weight excluding hydrogens is 442 g/mol. The van der Waals surface area contributed by atoms with E-state index in [2.05, 4.69) is 14.9 Å². The summed E-state index contributed by atoms with van der Waals surface area (Å²) in [6, 6.07) is 7.59. The summed E-state index contributed by atoms with van der Waals surface area (Å²) in [5.41, 5.74) is 0.531. The summed E-state index contributed by atoms with van der Waals surface area (Å²) in [6.45, 7) is 0. The molecule has 0 saturated carbocycles. The highest BCUT2D eigenvalue weighted by Gasteiger charge is 2.28. The van der Waals surface area contributed by atoms with Gasteiger partial charge in [-0.2, -0.15) is 0 Å². The highest BCUT2D eigenvalue weighted by molar-refractivity contribution is 7.93. The van der Waals surface area contributed by atoms with Crippen molar-refractivity contribution in [3.8, 4) is 17.2 Å². The van der Waals surface area contributed by atoms with E-state index < -0.39 is 16.1 Å². The quantitative estimate of drug-likeness (QED) is 0.401. The van der Waals surface area contributed by atoms with Gasteiger partial charge in [0.15, 0.2) is 22.4 Å². The number of fused-ring (bicyclic) bond motifs is 1. The minimum Gasteiger partial charge on any atom is -0.496 e. The summed E-state index contributed by atoms with van der Waals surface area (Å²) in [5, 5.41) is 14.6. The van der Waals surface area contributed by atoms with Crippen molar-refractivity contribution < 1.29 is 36.7 Å². The van der Waals surface area contributed by atoms with Crippen LogP contribution in [0.1, 0.15) is 17.6 Å². The first-order valence-electron chi connectivity index (χ1n) is 9.18. The standard InChI is InChI=1S/C20H19N3O8S/c1-27-12-5-4-6-13(28-2)18(12)32(25,26)23-19-16-14(29-3)9-11(10-15(16)31-22-19)17(24)20-21-7-8-30-20/h4-10,17,24H,1-3H3,(H,22,23). The molecule has 0 radical (unpaired) electrons. The Morgan fingerprint density at radius 2 is 1.75 bits per heavy atom. The van der Waals surface area contributed by atoms with Crippen LogP contribution in [0.3, 0.4) is 0 Å². The number of nitrogens with zero attached hydrogens (tertiary/aromatic N) is 2. The van der Waals surface area contributed by atoms with E-state index in [4.69, 9.17) is 23.2 Å². The summed E-state index contributed by atoms with van der Waals surface area (Å²) in [5.74, 6) is 0.368. The van der Waals surface area contributed by atoms with Crippen LogP contribution in [0.4, 0.5) is 5.82 Å². The van der Waals surface area contributed by atoms with Gasteiger partial charge in [0.2, 0.25) is 5.89 Å². The van der Waals surface area contributed by atoms with Gasteiger partial charge in [0.25, 0.3) is 10.0 Å². The number of anilines is 1. The topological polar surface area (TPSA) is 146 Å². The van der Waals surface area contributed by atoms with E-state index in [1.54, 1.807) is 6.07 Å². The van der Waals surface area contributed by atoms with Gasteiger partial charge in [-0.25, -0.2) is 13.4 Å². The average molecular weight is 461 g/mol. The lowest BCUT2D eigenvalue weighted by Gasteiger charge is -2.14. The molecule has 2 aromatic carbocycles. The molecule has 2 N–H and O–H groups in total. The fraction of sp³-hybridized carbons (Fsp3) is 0.200. The van der Waals surface area contributed by atoms with Gasteiger partial charge in [0.05, 0.1) is 27.5 Å². The predicted octanol–water partition coefficient (Wildman–Crippen LogP) is 2.72. The molecule has 11 nitrogen and oxygen atoms in total. The molecule has 0 aliphatic carbocycles. The first-order valence-corrected chi connectivity index (χ1v) is 10.7. The number of oxazole rings is 1. The number of aromatic nitrogens is 2. The third-order valence-electron chi connectivity index (χ3n) is 4.66. The largest absolute Gasteiger partial charge is 0.496 e. The maximum Gasteiger partial charge on any atom is 0.270 e. The molecule has 0 aliphatic heterocycles. The number of aliphatic hydroxyl groups excluding tert-OH is 1. The molecule has 1 atom stereocenters. The lowest BCUT2D eigenvalue weighted by molar-refractivity contribution is 0.182. The number of nitrogens with one attached hydrogen (secondary N) is 1. The third-order valence-corrected chi connectivity index (χ3v) is 6.07. The zero-order chi connectivity index (χ0) is 22.9. The Bertz CT molecular complexity index is 1330. The van der Waals surface area contributed by atoms with Crippen molar-refractivity contribution in [2.75, 3.05) is 26.1 Å². The van der Waals surface area contributed by atoms with E-state index >= 15 is 0 Å². The number of sulfonamides is 1. The number of hydrogen-bond acceptors (Lipinski definition) is 10. The molecule has 2 aromatic heterocycles. The predicted molar refractivity (Wildman–Crippen MR) is 111 cm³/mol. The van der Waals surface area contributed by atoms with Crippen molar-refractivity contribution in [3.63, 3.8) is 0 Å².